The van der Waals surface area contributed by atoms with Gasteiger partial charge in [0.25, 0.3) is 0 Å². The van der Waals surface area contributed by atoms with Gasteiger partial charge in [-0.05, 0) is 52.1 Å². The van der Waals surface area contributed by atoms with Gasteiger partial charge in [-0.1, -0.05) is 6.92 Å². The molecular formula is C15H29N3O. The number of likely N-dealkylation sites (N-methyl/N-ethyl adjacent to an activating group) is 1. The van der Waals surface area contributed by atoms with E-state index in [1.54, 1.807) is 0 Å². The Morgan fingerprint density at radius 1 is 1.21 bits per heavy atom. The lowest BCUT2D eigenvalue weighted by Crippen LogP contribution is -2.54. The summed E-state index contributed by atoms with van der Waals surface area (Å²) in [4.78, 5) is 17.0. The maximum absolute atomic E-state index is 12.5. The highest BCUT2D eigenvalue weighted by Gasteiger charge is 2.30. The Morgan fingerprint density at radius 2 is 1.95 bits per heavy atom. The van der Waals surface area contributed by atoms with Crippen molar-refractivity contribution in [1.29, 1.82) is 0 Å². The summed E-state index contributed by atoms with van der Waals surface area (Å²) < 4.78 is 0. The van der Waals surface area contributed by atoms with Crippen molar-refractivity contribution >= 4 is 5.91 Å². The summed E-state index contributed by atoms with van der Waals surface area (Å²) in [5.74, 6) is 0.344. The van der Waals surface area contributed by atoms with Crippen LogP contribution in [0.4, 0.5) is 0 Å². The molecular weight excluding hydrogens is 238 g/mol. The molecule has 1 amide bonds. The van der Waals surface area contributed by atoms with Crippen LogP contribution >= 0.6 is 0 Å². The molecule has 2 aliphatic rings. The van der Waals surface area contributed by atoms with E-state index in [-0.39, 0.29) is 6.04 Å². The Kier molecular flexibility index (Phi) is 5.64. The fraction of sp³-hybridized carbons (Fsp3) is 0.933. The van der Waals surface area contributed by atoms with E-state index in [2.05, 4.69) is 29.0 Å². The van der Waals surface area contributed by atoms with Crippen LogP contribution in [0.3, 0.4) is 0 Å². The second-order valence-corrected chi connectivity index (χ2v) is 5.95. The first-order valence-electron chi connectivity index (χ1n) is 7.98. The molecule has 110 valence electrons. The summed E-state index contributed by atoms with van der Waals surface area (Å²) in [5.41, 5.74) is 0. The highest BCUT2D eigenvalue weighted by Crippen LogP contribution is 2.17. The SMILES string of the molecule is CCNC1CCCN(C(C)C(=O)N2CCCCC2)C1. The second kappa shape index (κ2) is 7.25. The molecule has 1 N–H and O–H groups in total. The van der Waals surface area contributed by atoms with Gasteiger partial charge in [0.15, 0.2) is 0 Å². The molecule has 0 aromatic heterocycles. The number of amides is 1. The van der Waals surface area contributed by atoms with Crippen molar-refractivity contribution in [2.75, 3.05) is 32.7 Å². The topological polar surface area (TPSA) is 35.6 Å². The van der Waals surface area contributed by atoms with Gasteiger partial charge in [0.05, 0.1) is 6.04 Å². The molecule has 0 aromatic rings. The average molecular weight is 267 g/mol. The van der Waals surface area contributed by atoms with Crippen LogP contribution < -0.4 is 5.32 Å². The van der Waals surface area contributed by atoms with Gasteiger partial charge in [-0.2, -0.15) is 0 Å². The highest BCUT2D eigenvalue weighted by molar-refractivity contribution is 5.81. The van der Waals surface area contributed by atoms with Crippen molar-refractivity contribution < 1.29 is 4.79 Å². The van der Waals surface area contributed by atoms with Crippen LogP contribution in [0.15, 0.2) is 0 Å². The minimum Gasteiger partial charge on any atom is -0.341 e. The summed E-state index contributed by atoms with van der Waals surface area (Å²) in [7, 11) is 0. The van der Waals surface area contributed by atoms with Crippen molar-refractivity contribution in [3.8, 4) is 0 Å². The van der Waals surface area contributed by atoms with E-state index in [0.29, 0.717) is 11.9 Å². The van der Waals surface area contributed by atoms with Gasteiger partial charge in [0.1, 0.15) is 0 Å². The van der Waals surface area contributed by atoms with Crippen LogP contribution in [-0.4, -0.2) is 60.5 Å². The fourth-order valence-electron chi connectivity index (χ4n) is 3.35. The maximum atomic E-state index is 12.5. The lowest BCUT2D eigenvalue weighted by atomic mass is 10.0. The largest absolute Gasteiger partial charge is 0.341 e. The fourth-order valence-corrected chi connectivity index (χ4v) is 3.35. The van der Waals surface area contributed by atoms with Crippen LogP contribution in [0, 0.1) is 0 Å². The number of rotatable bonds is 4. The standard InChI is InChI=1S/C15H29N3O/c1-3-16-14-8-7-11-18(12-14)13(2)15(19)17-9-5-4-6-10-17/h13-14,16H,3-12H2,1-2H3. The zero-order valence-corrected chi connectivity index (χ0v) is 12.5. The number of carbonyl (C=O) groups is 1. The molecule has 2 aliphatic heterocycles. The monoisotopic (exact) mass is 267 g/mol. The molecule has 2 saturated heterocycles. The molecule has 0 aliphatic carbocycles. The first kappa shape index (κ1) is 14.8. The first-order valence-corrected chi connectivity index (χ1v) is 7.98. The summed E-state index contributed by atoms with van der Waals surface area (Å²) in [6.45, 7) is 9.29. The lowest BCUT2D eigenvalue weighted by Gasteiger charge is -2.39. The van der Waals surface area contributed by atoms with E-state index in [4.69, 9.17) is 0 Å². The van der Waals surface area contributed by atoms with E-state index in [1.165, 1.54) is 32.1 Å². The van der Waals surface area contributed by atoms with Crippen molar-refractivity contribution in [2.45, 2.75) is 58.0 Å². The van der Waals surface area contributed by atoms with Gasteiger partial charge >= 0.3 is 0 Å². The predicted molar refractivity (Wildman–Crippen MR) is 78.2 cm³/mol. The molecule has 0 spiro atoms. The van der Waals surface area contributed by atoms with Gasteiger partial charge < -0.3 is 10.2 Å². The van der Waals surface area contributed by atoms with E-state index >= 15 is 0 Å². The molecule has 19 heavy (non-hydrogen) atoms. The summed E-state index contributed by atoms with van der Waals surface area (Å²) in [6, 6.07) is 0.620. The van der Waals surface area contributed by atoms with Crippen molar-refractivity contribution in [1.82, 2.24) is 15.1 Å². The van der Waals surface area contributed by atoms with E-state index in [0.717, 1.165) is 32.7 Å². The minimum absolute atomic E-state index is 0.0551. The van der Waals surface area contributed by atoms with E-state index in [9.17, 15) is 4.79 Å². The molecule has 0 saturated carbocycles. The number of carbonyl (C=O) groups excluding carboxylic acids is 1. The van der Waals surface area contributed by atoms with Crippen molar-refractivity contribution in [2.24, 2.45) is 0 Å². The predicted octanol–water partition coefficient (Wildman–Crippen LogP) is 1.46. The molecule has 4 heteroatoms. The van der Waals surface area contributed by atoms with Gasteiger partial charge in [-0.25, -0.2) is 0 Å². The summed E-state index contributed by atoms with van der Waals surface area (Å²) >= 11 is 0. The quantitative estimate of drug-likeness (QED) is 0.837. The van der Waals surface area contributed by atoms with Crippen LogP contribution in [0.25, 0.3) is 0 Å². The summed E-state index contributed by atoms with van der Waals surface area (Å²) in [6.07, 6.45) is 6.09. The molecule has 0 bridgehead atoms. The minimum atomic E-state index is 0.0551. The molecule has 0 radical (unpaired) electrons. The molecule has 2 heterocycles. The van der Waals surface area contributed by atoms with Gasteiger partial charge in [-0.3, -0.25) is 9.69 Å². The van der Waals surface area contributed by atoms with Crippen LogP contribution in [0.1, 0.15) is 46.0 Å². The number of hydrogen-bond acceptors (Lipinski definition) is 3. The zero-order valence-electron chi connectivity index (χ0n) is 12.5. The van der Waals surface area contributed by atoms with Crippen LogP contribution in [0.2, 0.25) is 0 Å². The molecule has 0 aromatic carbocycles. The van der Waals surface area contributed by atoms with Gasteiger partial charge in [0.2, 0.25) is 5.91 Å². The molecule has 2 atom stereocenters. The third kappa shape index (κ3) is 3.93. The molecule has 2 rings (SSSR count). The number of nitrogens with zero attached hydrogens (tertiary/aromatic N) is 2. The number of piperidine rings is 2. The van der Waals surface area contributed by atoms with Crippen LogP contribution in [-0.2, 0) is 4.79 Å². The Morgan fingerprint density at radius 3 is 2.63 bits per heavy atom. The first-order chi connectivity index (χ1) is 9.22. The highest BCUT2D eigenvalue weighted by atomic mass is 16.2. The summed E-state index contributed by atoms with van der Waals surface area (Å²) in [5, 5.41) is 3.52. The van der Waals surface area contributed by atoms with E-state index in [1.807, 2.05) is 0 Å². The Labute approximate surface area is 117 Å². The number of nitrogens with one attached hydrogen (secondary N) is 1. The Balaban J connectivity index is 1.86. The Bertz CT molecular complexity index is 287. The molecule has 2 fully saturated rings. The van der Waals surface area contributed by atoms with Crippen molar-refractivity contribution in [3.63, 3.8) is 0 Å². The van der Waals surface area contributed by atoms with Crippen molar-refractivity contribution in [3.05, 3.63) is 0 Å². The normalized spacial score (nSPS) is 27.3. The van der Waals surface area contributed by atoms with Crippen LogP contribution in [0.5, 0.6) is 0 Å². The van der Waals surface area contributed by atoms with E-state index < -0.39 is 0 Å². The smallest absolute Gasteiger partial charge is 0.239 e. The molecule has 2 unspecified atom stereocenters. The molecule has 4 nitrogen and oxygen atoms in total. The number of likely N-dealkylation sites (tertiary alicyclic amines) is 2. The van der Waals surface area contributed by atoms with Gasteiger partial charge in [0, 0.05) is 25.7 Å². The maximum Gasteiger partial charge on any atom is 0.239 e. The Hall–Kier alpha value is -0.610. The number of hydrogen-bond donors (Lipinski definition) is 1. The third-order valence-electron chi connectivity index (χ3n) is 4.52. The second-order valence-electron chi connectivity index (χ2n) is 5.95. The average Bonchev–Trinajstić information content (AvgIpc) is 2.47. The third-order valence-corrected chi connectivity index (χ3v) is 4.52. The zero-order chi connectivity index (χ0) is 13.7. The van der Waals surface area contributed by atoms with Gasteiger partial charge in [-0.15, -0.1) is 0 Å². The lowest BCUT2D eigenvalue weighted by molar-refractivity contribution is -0.137.